The molecule has 10 heteroatoms. The number of nitrogens with zero attached hydrogens (tertiary/aromatic N) is 1. The lowest BCUT2D eigenvalue weighted by atomic mass is 10.0. The molecule has 128 valence electrons. The molecule has 2 fully saturated rings. The van der Waals surface area contributed by atoms with Gasteiger partial charge in [-0.1, -0.05) is 0 Å². The number of methoxy groups -OCH3 is 1. The van der Waals surface area contributed by atoms with Crippen LogP contribution in [-0.4, -0.2) is 54.3 Å². The smallest absolute Gasteiger partial charge is 0.325 e. The summed E-state index contributed by atoms with van der Waals surface area (Å²) in [7, 11) is -2.29. The van der Waals surface area contributed by atoms with Crippen LogP contribution >= 0.6 is 7.60 Å². The summed E-state index contributed by atoms with van der Waals surface area (Å²) in [4.78, 5) is 21.7. The third-order valence-electron chi connectivity index (χ3n) is 3.92. The number of ether oxygens (including phenoxy) is 3. The first kappa shape index (κ1) is 16.6. The van der Waals surface area contributed by atoms with Gasteiger partial charge in [0.05, 0.1) is 13.2 Å². The number of hydrogen-bond donors (Lipinski definition) is 2. The van der Waals surface area contributed by atoms with Gasteiger partial charge in [-0.3, -0.25) is 18.5 Å². The first-order chi connectivity index (χ1) is 10.8. The summed E-state index contributed by atoms with van der Waals surface area (Å²) >= 11 is 0. The van der Waals surface area contributed by atoms with Crippen LogP contribution in [0, 0.1) is 0 Å². The van der Waals surface area contributed by atoms with E-state index in [9.17, 15) is 14.3 Å². The SMILES string of the molecule is COC[C@]12CO[C@@H](C1OP(C)(=O)O)[C@H](n1ccc(N)cc1=O)O2. The lowest BCUT2D eigenvalue weighted by Crippen LogP contribution is -2.45. The van der Waals surface area contributed by atoms with Crippen molar-refractivity contribution in [3.05, 3.63) is 28.7 Å². The lowest BCUT2D eigenvalue weighted by Gasteiger charge is -2.31. The second kappa shape index (κ2) is 5.70. The number of rotatable bonds is 5. The summed E-state index contributed by atoms with van der Waals surface area (Å²) in [5.41, 5.74) is 4.52. The number of nitrogen functional groups attached to an aromatic ring is 1. The van der Waals surface area contributed by atoms with Gasteiger partial charge in [0.15, 0.2) is 6.23 Å². The predicted octanol–water partition coefficient (Wildman–Crippen LogP) is -0.0563. The van der Waals surface area contributed by atoms with Gasteiger partial charge in [-0.05, 0) is 6.07 Å². The largest absolute Gasteiger partial charge is 0.399 e. The van der Waals surface area contributed by atoms with Crippen LogP contribution in [-0.2, 0) is 23.3 Å². The fraction of sp³-hybridized carbons (Fsp3) is 0.615. The van der Waals surface area contributed by atoms with Crippen molar-refractivity contribution in [2.45, 2.75) is 24.0 Å². The van der Waals surface area contributed by atoms with E-state index in [0.29, 0.717) is 5.69 Å². The van der Waals surface area contributed by atoms with Crippen molar-refractivity contribution in [1.82, 2.24) is 4.57 Å². The van der Waals surface area contributed by atoms with Gasteiger partial charge in [0.2, 0.25) is 0 Å². The zero-order chi connectivity index (χ0) is 16.8. The quantitative estimate of drug-likeness (QED) is 0.711. The van der Waals surface area contributed by atoms with Gasteiger partial charge in [0, 0.05) is 31.7 Å². The van der Waals surface area contributed by atoms with Gasteiger partial charge in [-0.15, -0.1) is 0 Å². The summed E-state index contributed by atoms with van der Waals surface area (Å²) in [5, 5.41) is 0. The topological polar surface area (TPSA) is 122 Å². The van der Waals surface area contributed by atoms with Crippen molar-refractivity contribution in [2.24, 2.45) is 0 Å². The Morgan fingerprint density at radius 1 is 1.61 bits per heavy atom. The van der Waals surface area contributed by atoms with E-state index in [1.165, 1.54) is 23.9 Å². The van der Waals surface area contributed by atoms with Crippen molar-refractivity contribution in [1.29, 1.82) is 0 Å². The Hall–Kier alpha value is -1.22. The molecule has 2 aliphatic rings. The van der Waals surface area contributed by atoms with Crippen LogP contribution in [0.4, 0.5) is 5.69 Å². The first-order valence-electron chi connectivity index (χ1n) is 7.00. The molecule has 0 amide bonds. The fourth-order valence-corrected chi connectivity index (χ4v) is 3.78. The van der Waals surface area contributed by atoms with Crippen molar-refractivity contribution in [2.75, 3.05) is 32.7 Å². The molecule has 0 aliphatic carbocycles. The molecule has 5 atom stereocenters. The summed E-state index contributed by atoms with van der Waals surface area (Å²) < 4.78 is 35.1. The Labute approximate surface area is 132 Å². The average molecular weight is 346 g/mol. The van der Waals surface area contributed by atoms with E-state index in [2.05, 4.69) is 0 Å². The van der Waals surface area contributed by atoms with E-state index >= 15 is 0 Å². The maximum atomic E-state index is 12.1. The van der Waals surface area contributed by atoms with Gasteiger partial charge in [-0.2, -0.15) is 0 Å². The molecule has 9 nitrogen and oxygen atoms in total. The minimum absolute atomic E-state index is 0.106. The van der Waals surface area contributed by atoms with Crippen LogP contribution < -0.4 is 11.3 Å². The van der Waals surface area contributed by atoms with E-state index in [-0.39, 0.29) is 18.8 Å². The van der Waals surface area contributed by atoms with Crippen LogP contribution in [0.3, 0.4) is 0 Å². The highest BCUT2D eigenvalue weighted by molar-refractivity contribution is 7.51. The van der Waals surface area contributed by atoms with Crippen molar-refractivity contribution in [3.8, 4) is 0 Å². The van der Waals surface area contributed by atoms with E-state index < -0.39 is 31.6 Å². The second-order valence-corrected chi connectivity index (χ2v) is 7.63. The van der Waals surface area contributed by atoms with E-state index in [0.717, 1.165) is 6.66 Å². The van der Waals surface area contributed by atoms with Crippen LogP contribution in [0.15, 0.2) is 23.1 Å². The maximum Gasteiger partial charge on any atom is 0.325 e. The van der Waals surface area contributed by atoms with Gasteiger partial charge in [0.1, 0.15) is 17.8 Å². The number of aromatic nitrogens is 1. The molecule has 0 aromatic carbocycles. The predicted molar refractivity (Wildman–Crippen MR) is 80.2 cm³/mol. The van der Waals surface area contributed by atoms with Crippen LogP contribution in [0.5, 0.6) is 0 Å². The highest BCUT2D eigenvalue weighted by Gasteiger charge is 2.64. The van der Waals surface area contributed by atoms with E-state index in [1.54, 1.807) is 6.07 Å². The minimum Gasteiger partial charge on any atom is -0.399 e. The van der Waals surface area contributed by atoms with Crippen molar-refractivity contribution in [3.63, 3.8) is 0 Å². The molecule has 23 heavy (non-hydrogen) atoms. The molecule has 1 aromatic rings. The molecule has 0 radical (unpaired) electrons. The lowest BCUT2D eigenvalue weighted by molar-refractivity contribution is -0.190. The van der Waals surface area contributed by atoms with E-state index in [4.69, 9.17) is 24.5 Å². The van der Waals surface area contributed by atoms with Crippen LogP contribution in [0.2, 0.25) is 0 Å². The molecular weight excluding hydrogens is 327 g/mol. The molecule has 2 unspecified atom stereocenters. The van der Waals surface area contributed by atoms with Crippen molar-refractivity contribution >= 4 is 13.3 Å². The Bertz CT molecular complexity index is 702. The van der Waals surface area contributed by atoms with Gasteiger partial charge < -0.3 is 24.8 Å². The zero-order valence-corrected chi connectivity index (χ0v) is 13.6. The van der Waals surface area contributed by atoms with Crippen molar-refractivity contribution < 1.29 is 28.2 Å². The Morgan fingerprint density at radius 2 is 2.35 bits per heavy atom. The van der Waals surface area contributed by atoms with Crippen LogP contribution in [0.1, 0.15) is 6.23 Å². The molecule has 3 rings (SSSR count). The normalized spacial score (nSPS) is 35.3. The Morgan fingerprint density at radius 3 is 2.96 bits per heavy atom. The number of anilines is 1. The standard InChI is InChI=1S/C13H19N2O7P/c1-19-6-13-7-20-10(11(13)22-23(2,17)18)12(21-13)15-4-3-8(14)5-9(15)16/h3-5,10-12H,6-7,14H2,1-2H3,(H,17,18)/t10-,11?,12+,13-/m0/s1. The van der Waals surface area contributed by atoms with Gasteiger partial charge >= 0.3 is 7.60 Å². The summed E-state index contributed by atoms with van der Waals surface area (Å²) in [6.07, 6.45) is -0.817. The molecule has 0 spiro atoms. The van der Waals surface area contributed by atoms with Gasteiger partial charge in [-0.25, -0.2) is 0 Å². The molecular formula is C13H19N2O7P. The second-order valence-electron chi connectivity index (χ2n) is 5.82. The number of hydrogen-bond acceptors (Lipinski definition) is 7. The highest BCUT2D eigenvalue weighted by Crippen LogP contribution is 2.52. The molecule has 2 bridgehead atoms. The molecule has 2 saturated heterocycles. The zero-order valence-electron chi connectivity index (χ0n) is 12.7. The van der Waals surface area contributed by atoms with E-state index in [1.807, 2.05) is 0 Å². The fourth-order valence-electron chi connectivity index (χ4n) is 3.05. The average Bonchev–Trinajstić information content (AvgIpc) is 2.89. The van der Waals surface area contributed by atoms with Gasteiger partial charge in [0.25, 0.3) is 5.56 Å². The molecule has 0 saturated carbocycles. The number of nitrogens with two attached hydrogens (primary N) is 1. The molecule has 2 aliphatic heterocycles. The minimum atomic E-state index is -3.78. The monoisotopic (exact) mass is 346 g/mol. The third-order valence-corrected chi connectivity index (χ3v) is 4.54. The first-order valence-corrected chi connectivity index (χ1v) is 9.03. The summed E-state index contributed by atoms with van der Waals surface area (Å²) in [6.45, 7) is 1.35. The molecule has 3 N–H and O–H groups in total. The summed E-state index contributed by atoms with van der Waals surface area (Å²) in [6, 6.07) is 2.83. The molecule has 1 aromatic heterocycles. The highest BCUT2D eigenvalue weighted by atomic mass is 31.2. The number of pyridine rings is 1. The maximum absolute atomic E-state index is 12.1. The molecule has 3 heterocycles. The summed E-state index contributed by atoms with van der Waals surface area (Å²) in [5.74, 6) is 0. The number of fused-ring (bicyclic) bond motifs is 2. The third kappa shape index (κ3) is 2.96. The van der Waals surface area contributed by atoms with Crippen LogP contribution in [0.25, 0.3) is 0 Å². The Balaban J connectivity index is 1.97. The Kier molecular flexibility index (Phi) is 4.12.